The minimum atomic E-state index is -4.35. The Balaban J connectivity index is 1.12. The maximum atomic E-state index is 12.8. The van der Waals surface area contributed by atoms with Crippen LogP contribution in [0.4, 0.5) is 37.7 Å². The number of hydrogen-bond donors (Lipinski definition) is 1. The van der Waals surface area contributed by atoms with Crippen LogP contribution in [0.3, 0.4) is 0 Å². The van der Waals surface area contributed by atoms with Crippen LogP contribution >= 0.6 is 0 Å². The van der Waals surface area contributed by atoms with Crippen molar-refractivity contribution in [2.75, 3.05) is 56.0 Å². The predicted octanol–water partition coefficient (Wildman–Crippen LogP) is 5.73. The van der Waals surface area contributed by atoms with Crippen LogP contribution < -0.4 is 10.2 Å². The molecule has 11 heteroatoms. The van der Waals surface area contributed by atoms with E-state index < -0.39 is 23.5 Å². The number of rotatable bonds is 7. The van der Waals surface area contributed by atoms with E-state index in [0.29, 0.717) is 25.2 Å². The van der Waals surface area contributed by atoms with E-state index in [9.17, 15) is 31.1 Å². The molecule has 0 saturated carbocycles. The summed E-state index contributed by atoms with van der Waals surface area (Å²) in [5, 5.41) is 3.26. The molecular formula is C27H32F6N4O. The Bertz CT molecular complexity index is 1040. The molecule has 0 aromatic heterocycles. The molecular weight excluding hydrogens is 510 g/mol. The van der Waals surface area contributed by atoms with Crippen molar-refractivity contribution < 1.29 is 31.1 Å². The Morgan fingerprint density at radius 2 is 1.29 bits per heavy atom. The number of piperazine rings is 1. The van der Waals surface area contributed by atoms with Crippen molar-refractivity contribution in [2.45, 2.75) is 44.1 Å². The van der Waals surface area contributed by atoms with Crippen LogP contribution in [0.5, 0.6) is 0 Å². The van der Waals surface area contributed by atoms with Crippen LogP contribution in [-0.4, -0.2) is 67.6 Å². The Morgan fingerprint density at radius 3 is 1.82 bits per heavy atom. The molecule has 2 saturated heterocycles. The molecule has 1 amide bonds. The van der Waals surface area contributed by atoms with E-state index in [0.717, 1.165) is 81.9 Å². The third kappa shape index (κ3) is 7.55. The molecule has 0 bridgehead atoms. The molecule has 0 unspecified atom stereocenters. The van der Waals surface area contributed by atoms with Gasteiger partial charge in [-0.3, -0.25) is 9.69 Å². The van der Waals surface area contributed by atoms with E-state index in [-0.39, 0.29) is 11.9 Å². The molecule has 2 aromatic carbocycles. The average molecular weight is 543 g/mol. The first-order valence-electron chi connectivity index (χ1n) is 12.9. The monoisotopic (exact) mass is 542 g/mol. The molecule has 2 fully saturated rings. The van der Waals surface area contributed by atoms with Gasteiger partial charge in [0.05, 0.1) is 11.1 Å². The third-order valence-electron chi connectivity index (χ3n) is 7.23. The van der Waals surface area contributed by atoms with Gasteiger partial charge in [0.15, 0.2) is 0 Å². The van der Waals surface area contributed by atoms with Gasteiger partial charge in [-0.15, -0.1) is 0 Å². The molecule has 1 N–H and O–H groups in total. The summed E-state index contributed by atoms with van der Waals surface area (Å²) in [6.07, 6.45) is -6.03. The maximum absolute atomic E-state index is 12.8. The van der Waals surface area contributed by atoms with Crippen LogP contribution in [0.15, 0.2) is 48.5 Å². The number of hydrogen-bond acceptors (Lipinski definition) is 4. The van der Waals surface area contributed by atoms with Crippen molar-refractivity contribution in [3.63, 3.8) is 0 Å². The number of nitrogens with zero attached hydrogens (tertiary/aromatic N) is 3. The summed E-state index contributed by atoms with van der Waals surface area (Å²) in [7, 11) is 0. The number of likely N-dealkylation sites (tertiary alicyclic amines) is 1. The highest BCUT2D eigenvalue weighted by Crippen LogP contribution is 2.31. The molecule has 0 atom stereocenters. The van der Waals surface area contributed by atoms with Gasteiger partial charge in [-0.05, 0) is 74.3 Å². The van der Waals surface area contributed by atoms with Crippen molar-refractivity contribution in [3.8, 4) is 0 Å². The first kappa shape index (κ1) is 28.1. The van der Waals surface area contributed by atoms with E-state index in [4.69, 9.17) is 0 Å². The number of carbonyl (C=O) groups is 1. The topological polar surface area (TPSA) is 38.8 Å². The summed E-state index contributed by atoms with van der Waals surface area (Å²) in [5.41, 5.74) is 0.0962. The van der Waals surface area contributed by atoms with Crippen molar-refractivity contribution in [2.24, 2.45) is 0 Å². The molecule has 0 spiro atoms. The van der Waals surface area contributed by atoms with Gasteiger partial charge in [-0.2, -0.15) is 26.3 Å². The lowest BCUT2D eigenvalue weighted by Gasteiger charge is -2.36. The van der Waals surface area contributed by atoms with Gasteiger partial charge in [0.25, 0.3) is 0 Å². The molecule has 0 aliphatic carbocycles. The molecule has 2 aliphatic rings. The van der Waals surface area contributed by atoms with E-state index in [1.807, 2.05) is 4.90 Å². The highest BCUT2D eigenvalue weighted by molar-refractivity contribution is 5.76. The van der Waals surface area contributed by atoms with Gasteiger partial charge < -0.3 is 15.1 Å². The SMILES string of the molecule is O=C(CCCN1CCN(c2ccc(C(F)(F)F)cc2)CC1)N1CCC(Nc2ccc(C(F)(F)F)cc2)CC1. The molecule has 2 aromatic rings. The summed E-state index contributed by atoms with van der Waals surface area (Å²) in [6.45, 7) is 5.04. The zero-order chi connectivity index (χ0) is 27.3. The minimum Gasteiger partial charge on any atom is -0.382 e. The fourth-order valence-corrected chi connectivity index (χ4v) is 4.97. The standard InChI is InChI=1S/C27H32F6N4O/c28-26(29,30)20-3-7-22(8-4-20)34-23-11-14-37(15-12-23)25(38)2-1-13-35-16-18-36(19-17-35)24-9-5-21(6-10-24)27(31,32)33/h3-10,23,34H,1-2,11-19H2. The van der Waals surface area contributed by atoms with Crippen LogP contribution in [0.2, 0.25) is 0 Å². The Morgan fingerprint density at radius 1 is 0.763 bits per heavy atom. The molecule has 2 heterocycles. The Labute approximate surface area is 218 Å². The fraction of sp³-hybridized carbons (Fsp3) is 0.519. The molecule has 2 aliphatic heterocycles. The number of halogens is 6. The molecule has 38 heavy (non-hydrogen) atoms. The lowest BCUT2D eigenvalue weighted by molar-refractivity contribution is -0.138. The molecule has 5 nitrogen and oxygen atoms in total. The second-order valence-electron chi connectivity index (χ2n) is 9.85. The van der Waals surface area contributed by atoms with Crippen molar-refractivity contribution >= 4 is 17.3 Å². The lowest BCUT2D eigenvalue weighted by atomic mass is 10.0. The Hall–Kier alpha value is -2.95. The van der Waals surface area contributed by atoms with Crippen LogP contribution in [-0.2, 0) is 17.1 Å². The van der Waals surface area contributed by atoms with Crippen LogP contribution in [0, 0.1) is 0 Å². The normalized spacial score (nSPS) is 18.1. The van der Waals surface area contributed by atoms with Gasteiger partial charge in [0.2, 0.25) is 5.91 Å². The minimum absolute atomic E-state index is 0.108. The smallest absolute Gasteiger partial charge is 0.382 e. The number of benzene rings is 2. The first-order valence-corrected chi connectivity index (χ1v) is 12.9. The second kappa shape index (κ2) is 11.8. The summed E-state index contributed by atoms with van der Waals surface area (Å²) in [4.78, 5) is 18.9. The fourth-order valence-electron chi connectivity index (χ4n) is 4.97. The average Bonchev–Trinajstić information content (AvgIpc) is 2.89. The van der Waals surface area contributed by atoms with E-state index in [1.54, 1.807) is 0 Å². The van der Waals surface area contributed by atoms with Gasteiger partial charge in [0, 0.05) is 63.1 Å². The number of anilines is 2. The Kier molecular flexibility index (Phi) is 8.74. The first-order chi connectivity index (χ1) is 18.0. The molecule has 4 rings (SSSR count). The number of nitrogens with one attached hydrogen (secondary N) is 1. The van der Waals surface area contributed by atoms with Gasteiger partial charge in [0.1, 0.15) is 0 Å². The lowest BCUT2D eigenvalue weighted by Crippen LogP contribution is -2.47. The number of carbonyl (C=O) groups excluding carboxylic acids is 1. The molecule has 208 valence electrons. The van der Waals surface area contributed by atoms with Crippen molar-refractivity contribution in [3.05, 3.63) is 59.7 Å². The van der Waals surface area contributed by atoms with Crippen molar-refractivity contribution in [1.29, 1.82) is 0 Å². The zero-order valence-corrected chi connectivity index (χ0v) is 21.0. The van der Waals surface area contributed by atoms with E-state index in [1.165, 1.54) is 24.3 Å². The third-order valence-corrected chi connectivity index (χ3v) is 7.23. The van der Waals surface area contributed by atoms with Crippen LogP contribution in [0.25, 0.3) is 0 Å². The largest absolute Gasteiger partial charge is 0.416 e. The van der Waals surface area contributed by atoms with Gasteiger partial charge in [-0.1, -0.05) is 0 Å². The summed E-state index contributed by atoms with van der Waals surface area (Å²) in [5.74, 6) is 0.112. The zero-order valence-electron chi connectivity index (χ0n) is 21.0. The van der Waals surface area contributed by atoms with E-state index >= 15 is 0 Å². The van der Waals surface area contributed by atoms with E-state index in [2.05, 4.69) is 15.1 Å². The maximum Gasteiger partial charge on any atom is 0.416 e. The number of alkyl halides is 6. The van der Waals surface area contributed by atoms with Crippen molar-refractivity contribution in [1.82, 2.24) is 9.80 Å². The highest BCUT2D eigenvalue weighted by Gasteiger charge is 2.31. The number of amides is 1. The molecule has 0 radical (unpaired) electrons. The van der Waals surface area contributed by atoms with Gasteiger partial charge >= 0.3 is 12.4 Å². The summed E-state index contributed by atoms with van der Waals surface area (Å²) >= 11 is 0. The summed E-state index contributed by atoms with van der Waals surface area (Å²) in [6, 6.07) is 10.4. The quantitative estimate of drug-likeness (QED) is 0.454. The highest BCUT2D eigenvalue weighted by atomic mass is 19.4. The number of piperidine rings is 1. The second-order valence-corrected chi connectivity index (χ2v) is 9.85. The summed E-state index contributed by atoms with van der Waals surface area (Å²) < 4.78 is 76.5. The predicted molar refractivity (Wildman–Crippen MR) is 134 cm³/mol. The van der Waals surface area contributed by atoms with Crippen LogP contribution in [0.1, 0.15) is 36.8 Å². The van der Waals surface area contributed by atoms with Gasteiger partial charge in [-0.25, -0.2) is 0 Å².